The SMILES string of the molecule is CN(C)c1ccc(CNc2ccc(F)cc2C(=O)N2CCC(NCc3ccc(N(C)C)cc3)CC2)cc1. The maximum absolute atomic E-state index is 14.1. The number of anilines is 3. The first-order chi connectivity index (χ1) is 17.8. The molecule has 1 saturated heterocycles. The van der Waals surface area contributed by atoms with E-state index < -0.39 is 5.82 Å². The van der Waals surface area contributed by atoms with Gasteiger partial charge in [0.05, 0.1) is 5.56 Å². The number of amides is 1. The number of nitrogens with zero attached hydrogens (tertiary/aromatic N) is 3. The molecule has 1 aliphatic heterocycles. The summed E-state index contributed by atoms with van der Waals surface area (Å²) in [6.07, 6.45) is 1.75. The average molecular weight is 504 g/mol. The Balaban J connectivity index is 1.32. The summed E-state index contributed by atoms with van der Waals surface area (Å²) in [5.74, 6) is -0.524. The predicted octanol–water partition coefficient (Wildman–Crippen LogP) is 4.96. The monoisotopic (exact) mass is 503 g/mol. The topological polar surface area (TPSA) is 50.9 Å². The standard InChI is InChI=1S/C30H38FN5O/c1-34(2)26-10-5-22(6-11-26)20-32-25-15-17-36(18-16-25)30(37)28-19-24(31)9-14-29(28)33-21-23-7-12-27(13-8-23)35(3)4/h5-14,19,25,32-33H,15-18,20-21H2,1-4H3. The van der Waals surface area contributed by atoms with Gasteiger partial charge in [0.15, 0.2) is 0 Å². The first kappa shape index (κ1) is 26.5. The summed E-state index contributed by atoms with van der Waals surface area (Å²) in [4.78, 5) is 19.3. The van der Waals surface area contributed by atoms with Crippen LogP contribution in [0.4, 0.5) is 21.5 Å². The minimum atomic E-state index is -0.402. The minimum Gasteiger partial charge on any atom is -0.380 e. The van der Waals surface area contributed by atoms with Gasteiger partial charge in [-0.3, -0.25) is 4.79 Å². The fourth-order valence-electron chi connectivity index (χ4n) is 4.59. The molecule has 4 rings (SSSR count). The van der Waals surface area contributed by atoms with Crippen LogP contribution in [0, 0.1) is 5.82 Å². The Labute approximate surface area is 220 Å². The molecule has 3 aromatic carbocycles. The van der Waals surface area contributed by atoms with E-state index in [-0.39, 0.29) is 5.91 Å². The van der Waals surface area contributed by atoms with Crippen molar-refractivity contribution in [2.24, 2.45) is 0 Å². The Morgan fingerprint density at radius 3 is 1.92 bits per heavy atom. The molecule has 0 radical (unpaired) electrons. The lowest BCUT2D eigenvalue weighted by Gasteiger charge is -2.33. The number of likely N-dealkylation sites (tertiary alicyclic amines) is 1. The molecule has 0 spiro atoms. The van der Waals surface area contributed by atoms with E-state index in [2.05, 4.69) is 69.0 Å². The Bertz CT molecular complexity index is 1170. The summed E-state index contributed by atoms with van der Waals surface area (Å²) in [5.41, 5.74) is 5.69. The predicted molar refractivity (Wildman–Crippen MR) is 151 cm³/mol. The van der Waals surface area contributed by atoms with Crippen LogP contribution in [-0.4, -0.2) is 58.1 Å². The van der Waals surface area contributed by atoms with Crippen LogP contribution in [0.3, 0.4) is 0 Å². The highest BCUT2D eigenvalue weighted by Crippen LogP contribution is 2.23. The van der Waals surface area contributed by atoms with E-state index >= 15 is 0 Å². The molecule has 196 valence electrons. The van der Waals surface area contributed by atoms with Gasteiger partial charge >= 0.3 is 0 Å². The molecule has 6 nitrogen and oxygen atoms in total. The van der Waals surface area contributed by atoms with Crippen LogP contribution < -0.4 is 20.4 Å². The highest BCUT2D eigenvalue weighted by molar-refractivity contribution is 5.99. The van der Waals surface area contributed by atoms with Gasteiger partial charge < -0.3 is 25.3 Å². The van der Waals surface area contributed by atoms with Crippen molar-refractivity contribution in [3.8, 4) is 0 Å². The summed E-state index contributed by atoms with van der Waals surface area (Å²) >= 11 is 0. The lowest BCUT2D eigenvalue weighted by Crippen LogP contribution is -2.44. The number of hydrogen-bond acceptors (Lipinski definition) is 5. The second-order valence-electron chi connectivity index (χ2n) is 10.1. The third-order valence-corrected chi connectivity index (χ3v) is 6.98. The van der Waals surface area contributed by atoms with Crippen LogP contribution in [-0.2, 0) is 13.1 Å². The van der Waals surface area contributed by atoms with Crippen LogP contribution in [0.1, 0.15) is 34.3 Å². The van der Waals surface area contributed by atoms with Crippen LogP contribution >= 0.6 is 0 Å². The van der Waals surface area contributed by atoms with E-state index in [1.807, 2.05) is 33.1 Å². The van der Waals surface area contributed by atoms with Crippen molar-refractivity contribution in [3.63, 3.8) is 0 Å². The number of rotatable bonds is 9. The zero-order chi connectivity index (χ0) is 26.4. The van der Waals surface area contributed by atoms with Crippen molar-refractivity contribution in [1.82, 2.24) is 10.2 Å². The zero-order valence-corrected chi connectivity index (χ0v) is 22.3. The number of hydrogen-bond donors (Lipinski definition) is 2. The summed E-state index contributed by atoms with van der Waals surface area (Å²) < 4.78 is 14.1. The van der Waals surface area contributed by atoms with Crippen molar-refractivity contribution in [3.05, 3.63) is 89.2 Å². The van der Waals surface area contributed by atoms with E-state index in [1.165, 1.54) is 23.4 Å². The Kier molecular flexibility index (Phi) is 8.66. The first-order valence-corrected chi connectivity index (χ1v) is 12.9. The number of piperidine rings is 1. The average Bonchev–Trinajstić information content (AvgIpc) is 2.91. The minimum absolute atomic E-state index is 0.123. The Hall–Kier alpha value is -3.58. The van der Waals surface area contributed by atoms with Crippen LogP contribution in [0.5, 0.6) is 0 Å². The normalized spacial score (nSPS) is 13.9. The largest absolute Gasteiger partial charge is 0.380 e. The summed E-state index contributed by atoms with van der Waals surface area (Å²) in [7, 11) is 8.09. The van der Waals surface area contributed by atoms with Crippen LogP contribution in [0.15, 0.2) is 66.7 Å². The molecule has 0 aliphatic carbocycles. The molecule has 0 unspecified atom stereocenters. The van der Waals surface area contributed by atoms with Crippen LogP contribution in [0.25, 0.3) is 0 Å². The molecule has 1 fully saturated rings. The molecule has 1 heterocycles. The molecule has 0 atom stereocenters. The molecule has 2 N–H and O–H groups in total. The summed E-state index contributed by atoms with van der Waals surface area (Å²) in [6, 6.07) is 21.5. The molecule has 3 aromatic rings. The molecule has 37 heavy (non-hydrogen) atoms. The van der Waals surface area contributed by atoms with Gasteiger partial charge in [0, 0.05) is 77.5 Å². The van der Waals surface area contributed by atoms with E-state index in [0.717, 1.165) is 30.6 Å². The third kappa shape index (κ3) is 7.01. The lowest BCUT2D eigenvalue weighted by atomic mass is 10.0. The van der Waals surface area contributed by atoms with Gasteiger partial charge in [-0.05, 0) is 66.4 Å². The van der Waals surface area contributed by atoms with Gasteiger partial charge in [-0.2, -0.15) is 0 Å². The number of carbonyl (C=O) groups excluding carboxylic acids is 1. The Morgan fingerprint density at radius 1 is 0.838 bits per heavy atom. The molecular weight excluding hydrogens is 465 g/mol. The second kappa shape index (κ2) is 12.1. The maximum atomic E-state index is 14.1. The summed E-state index contributed by atoms with van der Waals surface area (Å²) in [6.45, 7) is 2.66. The molecule has 0 saturated carbocycles. The second-order valence-corrected chi connectivity index (χ2v) is 10.1. The molecule has 1 amide bonds. The van der Waals surface area contributed by atoms with Gasteiger partial charge in [-0.15, -0.1) is 0 Å². The van der Waals surface area contributed by atoms with Gasteiger partial charge in [0.25, 0.3) is 5.91 Å². The number of halogens is 1. The zero-order valence-electron chi connectivity index (χ0n) is 22.3. The van der Waals surface area contributed by atoms with E-state index in [0.29, 0.717) is 36.9 Å². The van der Waals surface area contributed by atoms with Gasteiger partial charge in [-0.25, -0.2) is 4.39 Å². The fourth-order valence-corrected chi connectivity index (χ4v) is 4.59. The Morgan fingerprint density at radius 2 is 1.38 bits per heavy atom. The quantitative estimate of drug-likeness (QED) is 0.432. The van der Waals surface area contributed by atoms with Crippen molar-refractivity contribution < 1.29 is 9.18 Å². The number of carbonyl (C=O) groups is 1. The molecular formula is C30H38FN5O. The third-order valence-electron chi connectivity index (χ3n) is 6.98. The fraction of sp³-hybridized carbons (Fsp3) is 0.367. The van der Waals surface area contributed by atoms with Crippen molar-refractivity contribution in [2.75, 3.05) is 56.4 Å². The van der Waals surface area contributed by atoms with Gasteiger partial charge in [-0.1, -0.05) is 24.3 Å². The van der Waals surface area contributed by atoms with Crippen molar-refractivity contribution in [2.45, 2.75) is 32.0 Å². The van der Waals surface area contributed by atoms with Gasteiger partial charge in [0.1, 0.15) is 5.82 Å². The number of nitrogens with one attached hydrogen (secondary N) is 2. The summed E-state index contributed by atoms with van der Waals surface area (Å²) in [5, 5.41) is 6.97. The first-order valence-electron chi connectivity index (χ1n) is 12.9. The van der Waals surface area contributed by atoms with Crippen molar-refractivity contribution >= 4 is 23.0 Å². The number of benzene rings is 3. The lowest BCUT2D eigenvalue weighted by molar-refractivity contribution is 0.0705. The highest BCUT2D eigenvalue weighted by atomic mass is 19.1. The highest BCUT2D eigenvalue weighted by Gasteiger charge is 2.25. The molecule has 0 aromatic heterocycles. The maximum Gasteiger partial charge on any atom is 0.256 e. The van der Waals surface area contributed by atoms with E-state index in [9.17, 15) is 9.18 Å². The molecule has 7 heteroatoms. The van der Waals surface area contributed by atoms with Crippen molar-refractivity contribution in [1.29, 1.82) is 0 Å². The van der Waals surface area contributed by atoms with E-state index in [4.69, 9.17) is 0 Å². The molecule has 0 bridgehead atoms. The smallest absolute Gasteiger partial charge is 0.256 e. The van der Waals surface area contributed by atoms with Crippen LogP contribution in [0.2, 0.25) is 0 Å². The van der Waals surface area contributed by atoms with E-state index in [1.54, 1.807) is 6.07 Å². The molecule has 1 aliphatic rings. The van der Waals surface area contributed by atoms with Gasteiger partial charge in [0.2, 0.25) is 0 Å².